The van der Waals surface area contributed by atoms with Crippen molar-refractivity contribution in [2.75, 3.05) is 10.6 Å². The van der Waals surface area contributed by atoms with E-state index in [1.807, 2.05) is 29.1 Å². The summed E-state index contributed by atoms with van der Waals surface area (Å²) in [4.78, 5) is 20.8. The number of carbonyl (C=O) groups is 1. The molecule has 9 heteroatoms. The van der Waals surface area contributed by atoms with Gasteiger partial charge in [0.25, 0.3) is 0 Å². The molecule has 0 saturated heterocycles. The van der Waals surface area contributed by atoms with Crippen LogP contribution in [0.1, 0.15) is 12.0 Å². The standard InChI is InChI=1S/C23H24ClN7O/c24-18-12-26-23(28-17-11-27-31(13-17)9-8-14-4-2-1-3-5-14)30-22(18)29-20-16-7-6-15(10-16)19(20)21(25)32/h1-7,11-13,15-16,19-20H,8-10H2,(H2,25,32)(H2,26,28,29,30)/t15-,16+,19+,20-/m1/s1. The first-order valence-corrected chi connectivity index (χ1v) is 11.0. The highest BCUT2D eigenvalue weighted by atomic mass is 35.5. The minimum atomic E-state index is -0.300. The normalized spacial score (nSPS) is 23.4. The summed E-state index contributed by atoms with van der Waals surface area (Å²) >= 11 is 6.34. The summed E-state index contributed by atoms with van der Waals surface area (Å²) < 4.78 is 1.88. The largest absolute Gasteiger partial charge is 0.369 e. The Morgan fingerprint density at radius 1 is 1.19 bits per heavy atom. The second kappa shape index (κ2) is 8.63. The first-order chi connectivity index (χ1) is 15.6. The van der Waals surface area contributed by atoms with Crippen LogP contribution in [0.25, 0.3) is 0 Å². The number of amides is 1. The van der Waals surface area contributed by atoms with Crippen molar-refractivity contribution in [3.05, 3.63) is 71.7 Å². The first kappa shape index (κ1) is 20.5. The fraction of sp³-hybridized carbons (Fsp3) is 0.304. The van der Waals surface area contributed by atoms with Gasteiger partial charge in [-0.15, -0.1) is 0 Å². The average molecular weight is 450 g/mol. The zero-order valence-corrected chi connectivity index (χ0v) is 18.1. The van der Waals surface area contributed by atoms with E-state index in [4.69, 9.17) is 17.3 Å². The molecule has 4 N–H and O–H groups in total. The molecular weight excluding hydrogens is 426 g/mol. The summed E-state index contributed by atoms with van der Waals surface area (Å²) in [5.41, 5.74) is 7.71. The molecule has 1 saturated carbocycles. The minimum absolute atomic E-state index is 0.122. The molecule has 8 nitrogen and oxygen atoms in total. The van der Waals surface area contributed by atoms with Gasteiger partial charge in [-0.05, 0) is 30.2 Å². The molecule has 0 unspecified atom stereocenters. The fourth-order valence-corrected chi connectivity index (χ4v) is 4.81. The third kappa shape index (κ3) is 4.18. The van der Waals surface area contributed by atoms with Gasteiger partial charge < -0.3 is 16.4 Å². The number of aryl methyl sites for hydroxylation is 2. The number of aromatic nitrogens is 4. The monoisotopic (exact) mass is 449 g/mol. The molecule has 4 atom stereocenters. The van der Waals surface area contributed by atoms with Crippen molar-refractivity contribution in [1.82, 2.24) is 19.7 Å². The van der Waals surface area contributed by atoms with Crippen LogP contribution in [0.2, 0.25) is 5.02 Å². The van der Waals surface area contributed by atoms with E-state index in [1.165, 1.54) is 5.56 Å². The molecular formula is C23H24ClN7O. The van der Waals surface area contributed by atoms with Gasteiger partial charge in [-0.3, -0.25) is 9.48 Å². The van der Waals surface area contributed by atoms with Crippen LogP contribution in [0.15, 0.2) is 61.1 Å². The van der Waals surface area contributed by atoms with Crippen LogP contribution >= 0.6 is 11.6 Å². The Balaban J connectivity index is 1.26. The van der Waals surface area contributed by atoms with E-state index in [0.29, 0.717) is 16.8 Å². The van der Waals surface area contributed by atoms with Gasteiger partial charge in [0.1, 0.15) is 5.02 Å². The fourth-order valence-electron chi connectivity index (χ4n) is 4.66. The van der Waals surface area contributed by atoms with Gasteiger partial charge >= 0.3 is 0 Å². The predicted octanol–water partition coefficient (Wildman–Crippen LogP) is 3.40. The lowest BCUT2D eigenvalue weighted by Crippen LogP contribution is -2.41. The maximum Gasteiger partial charge on any atom is 0.229 e. The van der Waals surface area contributed by atoms with Gasteiger partial charge in [0.15, 0.2) is 5.82 Å². The summed E-state index contributed by atoms with van der Waals surface area (Å²) in [6.07, 6.45) is 11.2. The lowest BCUT2D eigenvalue weighted by Gasteiger charge is -2.27. The van der Waals surface area contributed by atoms with E-state index >= 15 is 0 Å². The third-order valence-electron chi connectivity index (χ3n) is 6.20. The van der Waals surface area contributed by atoms with Crippen LogP contribution in [-0.4, -0.2) is 31.7 Å². The van der Waals surface area contributed by atoms with E-state index in [9.17, 15) is 4.79 Å². The molecule has 1 fully saturated rings. The van der Waals surface area contributed by atoms with Crippen LogP contribution in [0.5, 0.6) is 0 Å². The molecule has 2 bridgehead atoms. The van der Waals surface area contributed by atoms with Crippen LogP contribution < -0.4 is 16.4 Å². The van der Waals surface area contributed by atoms with Crippen LogP contribution in [-0.2, 0) is 17.8 Å². The van der Waals surface area contributed by atoms with Crippen molar-refractivity contribution in [3.8, 4) is 0 Å². The van der Waals surface area contributed by atoms with Crippen molar-refractivity contribution in [3.63, 3.8) is 0 Å². The number of carbonyl (C=O) groups excluding carboxylic acids is 1. The Morgan fingerprint density at radius 2 is 2.00 bits per heavy atom. The van der Waals surface area contributed by atoms with E-state index in [-0.39, 0.29) is 29.7 Å². The molecule has 164 valence electrons. The maximum atomic E-state index is 12.0. The predicted molar refractivity (Wildman–Crippen MR) is 124 cm³/mol. The second-order valence-electron chi connectivity index (χ2n) is 8.29. The Kier molecular flexibility index (Phi) is 5.53. The summed E-state index contributed by atoms with van der Waals surface area (Å²) in [6, 6.07) is 10.2. The van der Waals surface area contributed by atoms with Crippen LogP contribution in [0, 0.1) is 17.8 Å². The lowest BCUT2D eigenvalue weighted by molar-refractivity contribution is -0.122. The smallest absolute Gasteiger partial charge is 0.229 e. The number of nitrogens with zero attached hydrogens (tertiary/aromatic N) is 4. The number of nitrogens with two attached hydrogens (primary N) is 1. The van der Waals surface area contributed by atoms with E-state index in [1.54, 1.807) is 12.4 Å². The highest BCUT2D eigenvalue weighted by Gasteiger charge is 2.47. The molecule has 0 spiro atoms. The van der Waals surface area contributed by atoms with Gasteiger partial charge in [-0.2, -0.15) is 10.1 Å². The summed E-state index contributed by atoms with van der Waals surface area (Å²) in [6.45, 7) is 0.770. The number of hydrogen-bond acceptors (Lipinski definition) is 6. The first-order valence-electron chi connectivity index (χ1n) is 10.7. The number of anilines is 3. The van der Waals surface area contributed by atoms with Crippen molar-refractivity contribution >= 4 is 35.0 Å². The van der Waals surface area contributed by atoms with Crippen molar-refractivity contribution < 1.29 is 4.79 Å². The zero-order chi connectivity index (χ0) is 22.1. The van der Waals surface area contributed by atoms with Crippen molar-refractivity contribution in [2.45, 2.75) is 25.4 Å². The number of rotatable bonds is 8. The Labute approximate surface area is 190 Å². The molecule has 3 aromatic rings. The van der Waals surface area contributed by atoms with E-state index < -0.39 is 0 Å². The summed E-state index contributed by atoms with van der Waals surface area (Å²) in [5, 5.41) is 11.3. The van der Waals surface area contributed by atoms with Crippen LogP contribution in [0.3, 0.4) is 0 Å². The van der Waals surface area contributed by atoms with Crippen molar-refractivity contribution in [1.29, 1.82) is 0 Å². The number of primary amides is 1. The number of nitrogens with one attached hydrogen (secondary N) is 2. The lowest BCUT2D eigenvalue weighted by atomic mass is 9.88. The second-order valence-corrected chi connectivity index (χ2v) is 8.70. The molecule has 2 aliphatic carbocycles. The molecule has 1 amide bonds. The van der Waals surface area contributed by atoms with Gasteiger partial charge in [0, 0.05) is 18.8 Å². The molecule has 2 aromatic heterocycles. The Hall–Kier alpha value is -3.39. The van der Waals surface area contributed by atoms with Crippen molar-refractivity contribution in [2.24, 2.45) is 23.5 Å². The Bertz CT molecular complexity index is 1150. The zero-order valence-electron chi connectivity index (χ0n) is 17.4. The highest BCUT2D eigenvalue weighted by molar-refractivity contribution is 6.32. The van der Waals surface area contributed by atoms with Gasteiger partial charge in [-0.1, -0.05) is 54.1 Å². The molecule has 1 aromatic carbocycles. The average Bonchev–Trinajstić information content (AvgIpc) is 3.52. The number of allylic oxidation sites excluding steroid dienone is 1. The quantitative estimate of drug-likeness (QED) is 0.454. The van der Waals surface area contributed by atoms with Gasteiger partial charge in [0.2, 0.25) is 11.9 Å². The topological polar surface area (TPSA) is 111 Å². The number of hydrogen-bond donors (Lipinski definition) is 3. The Morgan fingerprint density at radius 3 is 2.81 bits per heavy atom. The summed E-state index contributed by atoms with van der Waals surface area (Å²) in [5.74, 6) is 0.727. The molecule has 0 radical (unpaired) electrons. The van der Waals surface area contributed by atoms with E-state index in [2.05, 4.69) is 50.0 Å². The van der Waals surface area contributed by atoms with Gasteiger partial charge in [-0.25, -0.2) is 4.98 Å². The maximum absolute atomic E-state index is 12.0. The molecule has 5 rings (SSSR count). The number of fused-ring (bicyclic) bond motifs is 2. The molecule has 2 aliphatic rings. The highest BCUT2D eigenvalue weighted by Crippen LogP contribution is 2.45. The van der Waals surface area contributed by atoms with Crippen LogP contribution in [0.4, 0.5) is 17.5 Å². The SMILES string of the molecule is NC(=O)[C@@H]1[C@H](Nc2nc(Nc3cnn(CCc4ccccc4)c3)ncc2Cl)[C@H]2C=C[C@@H]1C2. The minimum Gasteiger partial charge on any atom is -0.369 e. The third-order valence-corrected chi connectivity index (χ3v) is 6.47. The molecule has 2 heterocycles. The van der Waals surface area contributed by atoms with E-state index in [0.717, 1.165) is 25.1 Å². The molecule has 32 heavy (non-hydrogen) atoms. The number of benzene rings is 1. The van der Waals surface area contributed by atoms with Gasteiger partial charge in [0.05, 0.1) is 24.0 Å². The summed E-state index contributed by atoms with van der Waals surface area (Å²) in [7, 11) is 0. The number of halogens is 1. The molecule has 0 aliphatic heterocycles.